The van der Waals surface area contributed by atoms with E-state index >= 15 is 0 Å². The van der Waals surface area contributed by atoms with Gasteiger partial charge in [-0.3, -0.25) is 4.79 Å². The highest BCUT2D eigenvalue weighted by Gasteiger charge is 2.46. The molecule has 2 fully saturated rings. The van der Waals surface area contributed by atoms with Crippen molar-refractivity contribution in [3.8, 4) is 0 Å². The van der Waals surface area contributed by atoms with Gasteiger partial charge in [0.1, 0.15) is 13.2 Å². The normalized spacial score (nSPS) is 26.7. The lowest BCUT2D eigenvalue weighted by atomic mass is 10.1. The second-order valence-electron chi connectivity index (χ2n) is 4.43. The molecular formula is C11H18O6. The number of carbonyl (C=O) groups excluding carboxylic acids is 1. The summed E-state index contributed by atoms with van der Waals surface area (Å²) in [7, 11) is 1.34. The van der Waals surface area contributed by atoms with Crippen molar-refractivity contribution in [1.29, 1.82) is 0 Å². The van der Waals surface area contributed by atoms with Crippen LogP contribution >= 0.6 is 0 Å². The summed E-state index contributed by atoms with van der Waals surface area (Å²) in [5.41, 5.74) is 0. The Labute approximate surface area is 100 Å². The Kier molecular flexibility index (Phi) is 3.67. The zero-order valence-electron chi connectivity index (χ0n) is 10.2. The molecule has 17 heavy (non-hydrogen) atoms. The van der Waals surface area contributed by atoms with Gasteiger partial charge in [-0.2, -0.15) is 0 Å². The SMILES string of the molecule is COC(=O)CC1(C)OCC2(CO1)OCCCO2. The van der Waals surface area contributed by atoms with Gasteiger partial charge in [-0.25, -0.2) is 0 Å². The van der Waals surface area contributed by atoms with Crippen LogP contribution in [-0.4, -0.2) is 51.1 Å². The molecule has 2 rings (SSSR count). The second kappa shape index (κ2) is 4.89. The van der Waals surface area contributed by atoms with E-state index in [1.165, 1.54) is 7.11 Å². The highest BCUT2D eigenvalue weighted by Crippen LogP contribution is 2.31. The molecule has 6 nitrogen and oxygen atoms in total. The minimum atomic E-state index is -0.956. The number of ether oxygens (including phenoxy) is 5. The van der Waals surface area contributed by atoms with Crippen molar-refractivity contribution in [3.63, 3.8) is 0 Å². The van der Waals surface area contributed by atoms with Gasteiger partial charge in [0, 0.05) is 0 Å². The predicted octanol–water partition coefficient (Wildman–Crippen LogP) is 0.446. The fourth-order valence-corrected chi connectivity index (χ4v) is 1.83. The summed E-state index contributed by atoms with van der Waals surface area (Å²) >= 11 is 0. The molecule has 0 aromatic rings. The van der Waals surface area contributed by atoms with Crippen LogP contribution in [0.5, 0.6) is 0 Å². The topological polar surface area (TPSA) is 63.2 Å². The number of hydrogen-bond acceptors (Lipinski definition) is 6. The van der Waals surface area contributed by atoms with Crippen LogP contribution in [0.1, 0.15) is 19.8 Å². The maximum Gasteiger partial charge on any atom is 0.310 e. The number of carbonyl (C=O) groups is 1. The van der Waals surface area contributed by atoms with Crippen LogP contribution in [0, 0.1) is 0 Å². The lowest BCUT2D eigenvalue weighted by Gasteiger charge is -2.45. The maximum absolute atomic E-state index is 11.2. The summed E-state index contributed by atoms with van der Waals surface area (Å²) in [5.74, 6) is -2.12. The number of hydrogen-bond donors (Lipinski definition) is 0. The molecule has 98 valence electrons. The highest BCUT2D eigenvalue weighted by molar-refractivity contribution is 5.70. The average Bonchev–Trinajstić information content (AvgIpc) is 2.35. The molecule has 0 atom stereocenters. The van der Waals surface area contributed by atoms with E-state index in [4.69, 9.17) is 18.9 Å². The summed E-state index contributed by atoms with van der Waals surface area (Å²) in [6, 6.07) is 0. The van der Waals surface area contributed by atoms with E-state index in [0.29, 0.717) is 13.2 Å². The van der Waals surface area contributed by atoms with E-state index in [1.807, 2.05) is 0 Å². The molecule has 6 heteroatoms. The Balaban J connectivity index is 1.90. The Bertz CT molecular complexity index is 274. The first-order valence-corrected chi connectivity index (χ1v) is 5.70. The number of methoxy groups -OCH3 is 1. The van der Waals surface area contributed by atoms with E-state index in [2.05, 4.69) is 4.74 Å². The second-order valence-corrected chi connectivity index (χ2v) is 4.43. The van der Waals surface area contributed by atoms with Crippen molar-refractivity contribution >= 4 is 5.97 Å². The molecule has 0 radical (unpaired) electrons. The monoisotopic (exact) mass is 246 g/mol. The lowest BCUT2D eigenvalue weighted by molar-refractivity contribution is -0.392. The molecule has 2 aliphatic heterocycles. The maximum atomic E-state index is 11.2. The fourth-order valence-electron chi connectivity index (χ4n) is 1.83. The molecule has 1 spiro atoms. The summed E-state index contributed by atoms with van der Waals surface area (Å²) < 4.78 is 26.8. The van der Waals surface area contributed by atoms with Gasteiger partial charge in [-0.1, -0.05) is 0 Å². The zero-order chi connectivity index (χ0) is 12.4. The van der Waals surface area contributed by atoms with Crippen LogP contribution in [0.3, 0.4) is 0 Å². The first-order valence-electron chi connectivity index (χ1n) is 5.70. The van der Waals surface area contributed by atoms with Gasteiger partial charge in [0.15, 0.2) is 5.79 Å². The summed E-state index contributed by atoms with van der Waals surface area (Å²) in [6.07, 6.45) is 0.931. The van der Waals surface area contributed by atoms with Crippen molar-refractivity contribution in [2.45, 2.75) is 31.3 Å². The van der Waals surface area contributed by atoms with Crippen LogP contribution in [-0.2, 0) is 28.5 Å². The largest absolute Gasteiger partial charge is 0.469 e. The van der Waals surface area contributed by atoms with E-state index in [9.17, 15) is 4.79 Å². The molecule has 2 saturated heterocycles. The van der Waals surface area contributed by atoms with Crippen molar-refractivity contribution in [2.75, 3.05) is 33.5 Å². The van der Waals surface area contributed by atoms with Gasteiger partial charge < -0.3 is 23.7 Å². The van der Waals surface area contributed by atoms with Gasteiger partial charge in [0.25, 0.3) is 0 Å². The third-order valence-corrected chi connectivity index (χ3v) is 2.91. The smallest absolute Gasteiger partial charge is 0.310 e. The van der Waals surface area contributed by atoms with Gasteiger partial charge in [0.05, 0.1) is 26.7 Å². The molecule has 2 aliphatic rings. The summed E-state index contributed by atoms with van der Waals surface area (Å²) in [4.78, 5) is 11.2. The molecule has 0 aliphatic carbocycles. The Hall–Kier alpha value is -0.690. The van der Waals surface area contributed by atoms with E-state index in [-0.39, 0.29) is 25.6 Å². The van der Waals surface area contributed by atoms with E-state index in [0.717, 1.165) is 6.42 Å². The lowest BCUT2D eigenvalue weighted by Crippen LogP contribution is -2.57. The standard InChI is InChI=1S/C11H18O6/c1-10(6-9(12)13-2)16-7-11(8-17-10)14-4-3-5-15-11/h3-8H2,1-2H3. The molecule has 0 saturated carbocycles. The Morgan fingerprint density at radius 1 is 1.18 bits per heavy atom. The fraction of sp³-hybridized carbons (Fsp3) is 0.909. The van der Waals surface area contributed by atoms with E-state index in [1.54, 1.807) is 6.92 Å². The third kappa shape index (κ3) is 2.95. The minimum Gasteiger partial charge on any atom is -0.469 e. The first-order chi connectivity index (χ1) is 8.08. The van der Waals surface area contributed by atoms with Crippen LogP contribution in [0.15, 0.2) is 0 Å². The molecule has 0 unspecified atom stereocenters. The molecule has 0 amide bonds. The van der Waals surface area contributed by atoms with Gasteiger partial charge in [0.2, 0.25) is 5.79 Å². The van der Waals surface area contributed by atoms with Gasteiger partial charge >= 0.3 is 5.97 Å². The summed E-state index contributed by atoms with van der Waals surface area (Å²) in [6.45, 7) is 3.52. The summed E-state index contributed by atoms with van der Waals surface area (Å²) in [5, 5.41) is 0. The molecule has 0 N–H and O–H groups in total. The first kappa shape index (κ1) is 12.8. The molecular weight excluding hydrogens is 228 g/mol. The highest BCUT2D eigenvalue weighted by atomic mass is 16.8. The molecule has 0 aromatic heterocycles. The number of esters is 1. The Morgan fingerprint density at radius 2 is 1.76 bits per heavy atom. The van der Waals surface area contributed by atoms with Crippen molar-refractivity contribution < 1.29 is 28.5 Å². The Morgan fingerprint density at radius 3 is 2.29 bits per heavy atom. The molecule has 2 heterocycles. The van der Waals surface area contributed by atoms with Crippen molar-refractivity contribution in [1.82, 2.24) is 0 Å². The van der Waals surface area contributed by atoms with Crippen molar-refractivity contribution in [2.24, 2.45) is 0 Å². The molecule has 0 bridgehead atoms. The average molecular weight is 246 g/mol. The van der Waals surface area contributed by atoms with Crippen molar-refractivity contribution in [3.05, 3.63) is 0 Å². The quantitative estimate of drug-likeness (QED) is 0.659. The van der Waals surface area contributed by atoms with Gasteiger partial charge in [-0.05, 0) is 13.3 Å². The van der Waals surface area contributed by atoms with Crippen LogP contribution in [0.4, 0.5) is 0 Å². The van der Waals surface area contributed by atoms with Gasteiger partial charge in [-0.15, -0.1) is 0 Å². The van der Waals surface area contributed by atoms with Crippen LogP contribution in [0.2, 0.25) is 0 Å². The molecule has 0 aromatic carbocycles. The third-order valence-electron chi connectivity index (χ3n) is 2.91. The number of rotatable bonds is 2. The minimum absolute atomic E-state index is 0.0551. The van der Waals surface area contributed by atoms with Crippen LogP contribution < -0.4 is 0 Å². The predicted molar refractivity (Wildman–Crippen MR) is 56.2 cm³/mol. The van der Waals surface area contributed by atoms with E-state index < -0.39 is 11.6 Å². The van der Waals surface area contributed by atoms with Crippen LogP contribution in [0.25, 0.3) is 0 Å². The zero-order valence-corrected chi connectivity index (χ0v) is 10.2.